The van der Waals surface area contributed by atoms with Crippen LogP contribution in [-0.4, -0.2) is 15.6 Å². The number of hydrogen-bond acceptors (Lipinski definition) is 4. The van der Waals surface area contributed by atoms with Gasteiger partial charge in [-0.25, -0.2) is 0 Å². The second-order valence-electron chi connectivity index (χ2n) is 4.49. The number of carbonyl (C=O) groups excluding carboxylic acids is 1. The molecule has 0 spiro atoms. The van der Waals surface area contributed by atoms with Crippen molar-refractivity contribution in [2.75, 3.05) is 0 Å². The summed E-state index contributed by atoms with van der Waals surface area (Å²) in [5.74, 6) is -0.253. The summed E-state index contributed by atoms with van der Waals surface area (Å²) in [6.45, 7) is 4.53. The number of hydrogen-bond donors (Lipinski definition) is 0. The molecular formula is C14H12BrN3O2S. The Bertz CT molecular complexity index is 891. The number of aryl methyl sites for hydroxylation is 2. The van der Waals surface area contributed by atoms with Crippen LogP contribution in [0.3, 0.4) is 0 Å². The molecule has 2 heterocycles. The Morgan fingerprint density at radius 2 is 2.29 bits per heavy atom. The van der Waals surface area contributed by atoms with Crippen LogP contribution in [0.2, 0.25) is 0 Å². The number of carbonyl (C=O) groups is 1. The number of halogens is 1. The summed E-state index contributed by atoms with van der Waals surface area (Å²) >= 11 is 4.93. The first-order valence-corrected chi connectivity index (χ1v) is 8.00. The number of nitrogens with zero attached hydrogens (tertiary/aromatic N) is 3. The van der Waals surface area contributed by atoms with Gasteiger partial charge in [0.25, 0.3) is 0 Å². The van der Waals surface area contributed by atoms with Crippen LogP contribution < -0.4 is 4.80 Å². The van der Waals surface area contributed by atoms with Crippen LogP contribution in [0, 0.1) is 6.92 Å². The number of fused-ring (bicyclic) bond motifs is 1. The predicted molar refractivity (Wildman–Crippen MR) is 84.3 cm³/mol. The molecule has 1 amide bonds. The van der Waals surface area contributed by atoms with Gasteiger partial charge in [0.15, 0.2) is 4.80 Å². The maximum absolute atomic E-state index is 12.1. The number of benzene rings is 1. The molecule has 5 nitrogen and oxygen atoms in total. The summed E-state index contributed by atoms with van der Waals surface area (Å²) in [6.07, 6.45) is 0. The van der Waals surface area contributed by atoms with E-state index >= 15 is 0 Å². The predicted octanol–water partition coefficient (Wildman–Crippen LogP) is 3.52. The van der Waals surface area contributed by atoms with Crippen molar-refractivity contribution in [3.05, 3.63) is 45.0 Å². The molecule has 0 saturated carbocycles. The van der Waals surface area contributed by atoms with Crippen LogP contribution in [0.5, 0.6) is 0 Å². The molecule has 3 aromatic rings. The first-order chi connectivity index (χ1) is 10.1. The Morgan fingerprint density at radius 1 is 1.48 bits per heavy atom. The van der Waals surface area contributed by atoms with Crippen molar-refractivity contribution >= 4 is 43.4 Å². The average Bonchev–Trinajstić information content (AvgIpc) is 3.01. The Morgan fingerprint density at radius 3 is 2.95 bits per heavy atom. The highest BCUT2D eigenvalue weighted by molar-refractivity contribution is 9.10. The highest BCUT2D eigenvalue weighted by Crippen LogP contribution is 2.22. The molecule has 1 aromatic carbocycles. The lowest BCUT2D eigenvalue weighted by Crippen LogP contribution is -2.15. The molecule has 0 fully saturated rings. The third-order valence-corrected chi connectivity index (χ3v) is 4.53. The van der Waals surface area contributed by atoms with Gasteiger partial charge in [-0.2, -0.15) is 4.99 Å². The van der Waals surface area contributed by atoms with Crippen LogP contribution in [0.4, 0.5) is 0 Å². The maximum atomic E-state index is 12.1. The smallest absolute Gasteiger partial charge is 0.318 e. The van der Waals surface area contributed by atoms with Crippen LogP contribution in [0.25, 0.3) is 10.2 Å². The van der Waals surface area contributed by atoms with E-state index < -0.39 is 5.91 Å². The fourth-order valence-electron chi connectivity index (χ4n) is 2.04. The molecule has 3 rings (SSSR count). The van der Waals surface area contributed by atoms with Gasteiger partial charge in [0, 0.05) is 17.1 Å². The molecule has 21 heavy (non-hydrogen) atoms. The van der Waals surface area contributed by atoms with Gasteiger partial charge >= 0.3 is 5.91 Å². The second-order valence-corrected chi connectivity index (χ2v) is 6.42. The van der Waals surface area contributed by atoms with Crippen molar-refractivity contribution in [1.29, 1.82) is 0 Å². The summed E-state index contributed by atoms with van der Waals surface area (Å²) in [4.78, 5) is 17.0. The van der Waals surface area contributed by atoms with Gasteiger partial charge in [-0.05, 0) is 32.0 Å². The molecule has 0 bridgehead atoms. The summed E-state index contributed by atoms with van der Waals surface area (Å²) in [6, 6.07) is 7.61. The van der Waals surface area contributed by atoms with Gasteiger partial charge < -0.3 is 9.09 Å². The zero-order chi connectivity index (χ0) is 15.0. The Labute approximate surface area is 133 Å². The average molecular weight is 366 g/mol. The largest absolute Gasteiger partial charge is 0.351 e. The van der Waals surface area contributed by atoms with E-state index in [2.05, 4.69) is 26.1 Å². The molecule has 108 valence electrons. The van der Waals surface area contributed by atoms with Crippen LogP contribution in [-0.2, 0) is 6.54 Å². The van der Waals surface area contributed by atoms with Crippen LogP contribution in [0.15, 0.2) is 38.3 Å². The molecule has 0 atom stereocenters. The molecule has 0 radical (unpaired) electrons. The van der Waals surface area contributed by atoms with Crippen molar-refractivity contribution in [3.8, 4) is 0 Å². The zero-order valence-corrected chi connectivity index (χ0v) is 13.9. The summed E-state index contributed by atoms with van der Waals surface area (Å²) < 4.78 is 9.05. The Kier molecular flexibility index (Phi) is 3.77. The van der Waals surface area contributed by atoms with Gasteiger partial charge in [0.1, 0.15) is 0 Å². The van der Waals surface area contributed by atoms with Gasteiger partial charge in [-0.1, -0.05) is 32.4 Å². The van der Waals surface area contributed by atoms with E-state index in [0.717, 1.165) is 21.2 Å². The number of rotatable bonds is 2. The van der Waals surface area contributed by atoms with Gasteiger partial charge in [0.05, 0.1) is 15.9 Å². The standard InChI is InChI=1S/C14H12BrN3O2S/c1-3-18-10-5-4-9(15)7-12(10)21-14(18)16-13(19)11-6-8(2)17-20-11/h4-7H,3H2,1-2H3. The number of thiazole rings is 1. The lowest BCUT2D eigenvalue weighted by Gasteiger charge is -1.99. The van der Waals surface area contributed by atoms with Gasteiger partial charge in [-0.15, -0.1) is 0 Å². The monoisotopic (exact) mass is 365 g/mol. The molecule has 0 aliphatic rings. The van der Waals surface area contributed by atoms with Crippen molar-refractivity contribution < 1.29 is 9.32 Å². The number of aromatic nitrogens is 2. The molecule has 0 N–H and O–H groups in total. The minimum absolute atomic E-state index is 0.161. The third kappa shape index (κ3) is 2.71. The quantitative estimate of drug-likeness (QED) is 0.697. The van der Waals surface area contributed by atoms with Gasteiger partial charge in [-0.3, -0.25) is 4.79 Å². The summed E-state index contributed by atoms with van der Waals surface area (Å²) in [5, 5.41) is 3.71. The SMILES string of the molecule is CCn1c(=NC(=O)c2cc(C)no2)sc2cc(Br)ccc21. The van der Waals surface area contributed by atoms with Gasteiger partial charge in [0.2, 0.25) is 5.76 Å². The van der Waals surface area contributed by atoms with Crippen molar-refractivity contribution in [2.45, 2.75) is 20.4 Å². The van der Waals surface area contributed by atoms with E-state index in [1.165, 1.54) is 11.3 Å². The lowest BCUT2D eigenvalue weighted by molar-refractivity contribution is 0.0962. The summed E-state index contributed by atoms with van der Waals surface area (Å²) in [7, 11) is 0. The zero-order valence-electron chi connectivity index (χ0n) is 11.5. The van der Waals surface area contributed by atoms with Crippen LogP contribution >= 0.6 is 27.3 Å². The lowest BCUT2D eigenvalue weighted by atomic mass is 10.3. The first kappa shape index (κ1) is 14.2. The Hall–Kier alpha value is -1.73. The third-order valence-electron chi connectivity index (χ3n) is 3.00. The second kappa shape index (κ2) is 5.57. The highest BCUT2D eigenvalue weighted by Gasteiger charge is 2.12. The van der Waals surface area contributed by atoms with E-state index in [1.807, 2.05) is 29.7 Å². The minimum atomic E-state index is -0.413. The van der Waals surface area contributed by atoms with E-state index in [0.29, 0.717) is 10.5 Å². The van der Waals surface area contributed by atoms with E-state index in [-0.39, 0.29) is 5.76 Å². The minimum Gasteiger partial charge on any atom is -0.351 e. The van der Waals surface area contributed by atoms with Crippen molar-refractivity contribution in [3.63, 3.8) is 0 Å². The van der Waals surface area contributed by atoms with E-state index in [9.17, 15) is 4.79 Å². The fraction of sp³-hybridized carbons (Fsp3) is 0.214. The Balaban J connectivity index is 2.15. The maximum Gasteiger partial charge on any atom is 0.318 e. The molecule has 7 heteroatoms. The molecule has 2 aromatic heterocycles. The first-order valence-electron chi connectivity index (χ1n) is 6.39. The molecule has 0 saturated heterocycles. The topological polar surface area (TPSA) is 60.4 Å². The summed E-state index contributed by atoms with van der Waals surface area (Å²) in [5.41, 5.74) is 1.73. The van der Waals surface area contributed by atoms with Crippen molar-refractivity contribution in [2.24, 2.45) is 4.99 Å². The number of amides is 1. The van der Waals surface area contributed by atoms with Crippen LogP contribution in [0.1, 0.15) is 23.2 Å². The molecule has 0 aliphatic carbocycles. The molecular weight excluding hydrogens is 354 g/mol. The normalized spacial score (nSPS) is 12.2. The van der Waals surface area contributed by atoms with E-state index in [4.69, 9.17) is 4.52 Å². The molecule has 0 aliphatic heterocycles. The highest BCUT2D eigenvalue weighted by atomic mass is 79.9. The molecule has 0 unspecified atom stereocenters. The van der Waals surface area contributed by atoms with Crippen molar-refractivity contribution in [1.82, 2.24) is 9.72 Å². The van der Waals surface area contributed by atoms with E-state index in [1.54, 1.807) is 13.0 Å². The fourth-order valence-corrected chi connectivity index (χ4v) is 3.69.